The summed E-state index contributed by atoms with van der Waals surface area (Å²) in [6, 6.07) is 6.35. The normalized spacial score (nSPS) is 19.1. The minimum atomic E-state index is 0.199. The first-order valence-electron chi connectivity index (χ1n) is 5.49. The van der Waals surface area contributed by atoms with Crippen molar-refractivity contribution in [3.8, 4) is 0 Å². The Morgan fingerprint density at radius 2 is 2.33 bits per heavy atom. The highest BCUT2D eigenvalue weighted by atomic mass is 16.5. The average molecular weight is 204 g/mol. The summed E-state index contributed by atoms with van der Waals surface area (Å²) in [5.74, 6) is 0. The molecule has 0 amide bonds. The van der Waals surface area contributed by atoms with Gasteiger partial charge in [0.15, 0.2) is 0 Å². The number of nitrogens with two attached hydrogens (primary N) is 1. The standard InChI is InChI=1S/C11H17BN2O/c1-3-11-9-5-4-8(14-7-13)6-10(9)12(2)15-11/h4-6,11,14H,3,7,13H2,1-2H3/t11-/m1/s1. The first-order chi connectivity index (χ1) is 7.26. The van der Waals surface area contributed by atoms with Gasteiger partial charge in [-0.1, -0.05) is 19.8 Å². The molecule has 1 aliphatic rings. The van der Waals surface area contributed by atoms with Crippen molar-refractivity contribution >= 4 is 18.1 Å². The van der Waals surface area contributed by atoms with Crippen LogP contribution in [0.25, 0.3) is 0 Å². The van der Waals surface area contributed by atoms with E-state index in [1.54, 1.807) is 0 Å². The van der Waals surface area contributed by atoms with E-state index in [0.29, 0.717) is 6.67 Å². The van der Waals surface area contributed by atoms with Crippen LogP contribution in [-0.4, -0.2) is 13.6 Å². The maximum Gasteiger partial charge on any atom is 0.324 e. The molecule has 0 aliphatic carbocycles. The van der Waals surface area contributed by atoms with Crippen molar-refractivity contribution in [2.75, 3.05) is 12.0 Å². The van der Waals surface area contributed by atoms with Crippen molar-refractivity contribution in [3.63, 3.8) is 0 Å². The molecule has 0 saturated carbocycles. The molecule has 0 spiro atoms. The van der Waals surface area contributed by atoms with E-state index in [-0.39, 0.29) is 13.0 Å². The van der Waals surface area contributed by atoms with E-state index in [2.05, 4.69) is 37.3 Å². The van der Waals surface area contributed by atoms with Crippen LogP contribution in [-0.2, 0) is 4.65 Å². The molecule has 1 aromatic rings. The molecule has 0 bridgehead atoms. The molecule has 3 N–H and O–H groups in total. The minimum Gasteiger partial charge on any atom is -0.424 e. The van der Waals surface area contributed by atoms with Gasteiger partial charge in [-0.05, 0) is 29.6 Å². The third-order valence-corrected chi connectivity index (χ3v) is 2.92. The largest absolute Gasteiger partial charge is 0.424 e. The molecule has 0 radical (unpaired) electrons. The molecule has 3 nitrogen and oxygen atoms in total. The number of hydrogen-bond acceptors (Lipinski definition) is 3. The SMILES string of the molecule is CC[C@H]1OB(C)c2cc(NCN)ccc21. The Morgan fingerprint density at radius 1 is 1.53 bits per heavy atom. The second kappa shape index (κ2) is 4.25. The van der Waals surface area contributed by atoms with Gasteiger partial charge in [0.2, 0.25) is 0 Å². The second-order valence-corrected chi connectivity index (χ2v) is 3.90. The summed E-state index contributed by atoms with van der Waals surface area (Å²) in [4.78, 5) is 0. The van der Waals surface area contributed by atoms with Crippen LogP contribution in [0.5, 0.6) is 0 Å². The van der Waals surface area contributed by atoms with E-state index in [0.717, 1.165) is 12.1 Å². The van der Waals surface area contributed by atoms with Crippen LogP contribution in [0.1, 0.15) is 25.0 Å². The Hall–Kier alpha value is -0.995. The summed E-state index contributed by atoms with van der Waals surface area (Å²) in [7, 11) is 0. The molecule has 1 atom stereocenters. The summed E-state index contributed by atoms with van der Waals surface area (Å²) in [5.41, 5.74) is 9.14. The van der Waals surface area contributed by atoms with Crippen LogP contribution < -0.4 is 16.5 Å². The van der Waals surface area contributed by atoms with Gasteiger partial charge in [-0.25, -0.2) is 0 Å². The number of anilines is 1. The molecule has 1 heterocycles. The highest BCUT2D eigenvalue weighted by Gasteiger charge is 2.30. The molecule has 0 fully saturated rings. The molecular weight excluding hydrogens is 187 g/mol. The van der Waals surface area contributed by atoms with E-state index < -0.39 is 0 Å². The van der Waals surface area contributed by atoms with Gasteiger partial charge in [0.25, 0.3) is 0 Å². The van der Waals surface area contributed by atoms with E-state index in [4.69, 9.17) is 10.4 Å². The lowest BCUT2D eigenvalue weighted by Crippen LogP contribution is -2.25. The lowest BCUT2D eigenvalue weighted by atomic mass is 9.64. The molecule has 80 valence electrons. The molecule has 4 heteroatoms. The lowest BCUT2D eigenvalue weighted by molar-refractivity contribution is 0.221. The zero-order valence-electron chi connectivity index (χ0n) is 9.29. The fourth-order valence-corrected chi connectivity index (χ4v) is 2.16. The van der Waals surface area contributed by atoms with Gasteiger partial charge in [-0.2, -0.15) is 0 Å². The van der Waals surface area contributed by atoms with Gasteiger partial charge in [-0.15, -0.1) is 0 Å². The van der Waals surface area contributed by atoms with Crippen LogP contribution in [0.3, 0.4) is 0 Å². The fourth-order valence-electron chi connectivity index (χ4n) is 2.16. The molecule has 1 aromatic carbocycles. The molecule has 2 rings (SSSR count). The molecule has 0 aromatic heterocycles. The first-order valence-corrected chi connectivity index (χ1v) is 5.49. The lowest BCUT2D eigenvalue weighted by Gasteiger charge is -2.09. The van der Waals surface area contributed by atoms with Crippen LogP contribution in [0, 0.1) is 0 Å². The number of benzene rings is 1. The van der Waals surface area contributed by atoms with Gasteiger partial charge >= 0.3 is 6.92 Å². The van der Waals surface area contributed by atoms with Crippen molar-refractivity contribution in [1.82, 2.24) is 0 Å². The quantitative estimate of drug-likeness (QED) is 0.576. The Morgan fingerprint density at radius 3 is 3.00 bits per heavy atom. The molecule has 1 aliphatic heterocycles. The summed E-state index contributed by atoms with van der Waals surface area (Å²) >= 11 is 0. The molecular formula is C11H17BN2O. The first kappa shape index (κ1) is 10.5. The van der Waals surface area contributed by atoms with E-state index in [1.807, 2.05) is 0 Å². The van der Waals surface area contributed by atoms with E-state index in [9.17, 15) is 0 Å². The third-order valence-electron chi connectivity index (χ3n) is 2.92. The Kier molecular flexibility index (Phi) is 2.98. The van der Waals surface area contributed by atoms with Crippen molar-refractivity contribution in [2.45, 2.75) is 26.3 Å². The molecule has 0 saturated heterocycles. The number of nitrogens with one attached hydrogen (secondary N) is 1. The predicted molar refractivity (Wildman–Crippen MR) is 64.5 cm³/mol. The third kappa shape index (κ3) is 1.87. The zero-order chi connectivity index (χ0) is 10.8. The molecule has 0 unspecified atom stereocenters. The van der Waals surface area contributed by atoms with Gasteiger partial charge < -0.3 is 15.7 Å². The van der Waals surface area contributed by atoms with Gasteiger partial charge in [-0.3, -0.25) is 0 Å². The number of hydrogen-bond donors (Lipinski definition) is 2. The highest BCUT2D eigenvalue weighted by Crippen LogP contribution is 2.28. The minimum absolute atomic E-state index is 0.199. The van der Waals surface area contributed by atoms with Crippen LogP contribution in [0.15, 0.2) is 18.2 Å². The average Bonchev–Trinajstić information content (AvgIpc) is 2.56. The smallest absolute Gasteiger partial charge is 0.324 e. The topological polar surface area (TPSA) is 47.3 Å². The molecule has 15 heavy (non-hydrogen) atoms. The Balaban J connectivity index is 2.32. The summed E-state index contributed by atoms with van der Waals surface area (Å²) in [5, 5.41) is 3.11. The summed E-state index contributed by atoms with van der Waals surface area (Å²) < 4.78 is 5.85. The van der Waals surface area contributed by atoms with Crippen molar-refractivity contribution in [1.29, 1.82) is 0 Å². The highest BCUT2D eigenvalue weighted by molar-refractivity contribution is 6.67. The maximum absolute atomic E-state index is 5.85. The van der Waals surface area contributed by atoms with Gasteiger partial charge in [0, 0.05) is 5.69 Å². The number of rotatable bonds is 3. The Labute approximate surface area is 91.1 Å². The summed E-state index contributed by atoms with van der Waals surface area (Å²) in [6.45, 7) is 4.91. The number of fused-ring (bicyclic) bond motifs is 1. The van der Waals surface area contributed by atoms with Crippen LogP contribution in [0.4, 0.5) is 5.69 Å². The second-order valence-electron chi connectivity index (χ2n) is 3.90. The fraction of sp³-hybridized carbons (Fsp3) is 0.455. The van der Waals surface area contributed by atoms with Crippen LogP contribution >= 0.6 is 0 Å². The van der Waals surface area contributed by atoms with E-state index in [1.165, 1.54) is 11.0 Å². The van der Waals surface area contributed by atoms with Crippen LogP contribution in [0.2, 0.25) is 6.82 Å². The van der Waals surface area contributed by atoms with Gasteiger partial charge in [0.05, 0.1) is 12.8 Å². The summed E-state index contributed by atoms with van der Waals surface area (Å²) in [6.07, 6.45) is 1.29. The monoisotopic (exact) mass is 204 g/mol. The van der Waals surface area contributed by atoms with E-state index >= 15 is 0 Å². The van der Waals surface area contributed by atoms with Gasteiger partial charge in [0.1, 0.15) is 0 Å². The van der Waals surface area contributed by atoms with Crippen molar-refractivity contribution < 1.29 is 4.65 Å². The van der Waals surface area contributed by atoms with Crippen molar-refractivity contribution in [3.05, 3.63) is 23.8 Å². The Bertz CT molecular complexity index is 356. The maximum atomic E-state index is 5.85. The van der Waals surface area contributed by atoms with Crippen molar-refractivity contribution in [2.24, 2.45) is 5.73 Å². The zero-order valence-corrected chi connectivity index (χ0v) is 9.29. The predicted octanol–water partition coefficient (Wildman–Crippen LogP) is 1.32.